The van der Waals surface area contributed by atoms with Crippen LogP contribution in [0.1, 0.15) is 11.1 Å². The van der Waals surface area contributed by atoms with Gasteiger partial charge in [-0.05, 0) is 17.2 Å². The molecule has 0 bridgehead atoms. The first kappa shape index (κ1) is 11.4. The van der Waals surface area contributed by atoms with E-state index < -0.39 is 13.2 Å². The van der Waals surface area contributed by atoms with Crippen LogP contribution in [0.25, 0.3) is 0 Å². The third-order valence-corrected chi connectivity index (χ3v) is 2.68. The molecule has 0 aliphatic heterocycles. The Morgan fingerprint density at radius 2 is 2.14 bits per heavy atom. The fourth-order valence-corrected chi connectivity index (χ4v) is 2.04. The van der Waals surface area contributed by atoms with Gasteiger partial charge in [0.25, 0.3) is 0 Å². The summed E-state index contributed by atoms with van der Waals surface area (Å²) in [7, 11) is -3.27. The quantitative estimate of drug-likeness (QED) is 0.759. The maximum Gasteiger partial charge on any atom is 0.202 e. The molecular weight excluding hydrogens is 206 g/mol. The number of aliphatic hydroxyl groups is 1. The summed E-state index contributed by atoms with van der Waals surface area (Å²) in [6, 6.07) is 4.04. The number of hydrogen-bond acceptors (Lipinski definition) is 2. The summed E-state index contributed by atoms with van der Waals surface area (Å²) >= 11 is 0. The van der Waals surface area contributed by atoms with Crippen LogP contribution >= 0.6 is 7.37 Å². The first-order valence-corrected chi connectivity index (χ1v) is 6.39. The zero-order valence-electron chi connectivity index (χ0n) is 7.77. The lowest BCUT2D eigenvalue weighted by atomic mass is 10.1. The van der Waals surface area contributed by atoms with Crippen molar-refractivity contribution in [2.75, 3.05) is 6.66 Å². The van der Waals surface area contributed by atoms with E-state index in [1.807, 2.05) is 0 Å². The van der Waals surface area contributed by atoms with E-state index in [9.17, 15) is 8.96 Å². The molecule has 0 amide bonds. The molecule has 1 aromatic carbocycles. The minimum Gasteiger partial charge on any atom is -0.392 e. The fraction of sp³-hybridized carbons (Fsp3) is 0.333. The van der Waals surface area contributed by atoms with Crippen LogP contribution in [0.2, 0.25) is 0 Å². The molecule has 1 unspecified atom stereocenters. The van der Waals surface area contributed by atoms with Gasteiger partial charge < -0.3 is 10.00 Å². The molecule has 0 saturated carbocycles. The number of rotatable bonds is 3. The highest BCUT2D eigenvalue weighted by Gasteiger charge is 2.14. The van der Waals surface area contributed by atoms with Crippen LogP contribution in [0, 0.1) is 5.82 Å². The van der Waals surface area contributed by atoms with Crippen molar-refractivity contribution >= 4 is 7.37 Å². The van der Waals surface area contributed by atoms with Gasteiger partial charge in [0.1, 0.15) is 5.82 Å². The summed E-state index contributed by atoms with van der Waals surface area (Å²) in [5.74, 6) is -0.515. The largest absolute Gasteiger partial charge is 0.392 e. The Hall–Kier alpha value is -0.700. The maximum atomic E-state index is 13.1. The first-order valence-electron chi connectivity index (χ1n) is 4.10. The second kappa shape index (κ2) is 4.22. The Labute approximate surface area is 81.7 Å². The monoisotopic (exact) mass is 218 g/mol. The van der Waals surface area contributed by atoms with Gasteiger partial charge in [0.05, 0.1) is 12.8 Å². The lowest BCUT2D eigenvalue weighted by molar-refractivity contribution is 0.281. The maximum absolute atomic E-state index is 13.1. The summed E-state index contributed by atoms with van der Waals surface area (Å²) in [5, 5.41) is 8.80. The number of benzene rings is 1. The van der Waals surface area contributed by atoms with E-state index in [1.165, 1.54) is 24.9 Å². The highest BCUT2D eigenvalue weighted by molar-refractivity contribution is 7.56. The number of halogens is 1. The highest BCUT2D eigenvalue weighted by Crippen LogP contribution is 2.40. The molecule has 0 saturated heterocycles. The van der Waals surface area contributed by atoms with Gasteiger partial charge in [-0.25, -0.2) is 4.39 Å². The molecule has 0 radical (unpaired) electrons. The molecule has 1 rings (SSSR count). The highest BCUT2D eigenvalue weighted by atomic mass is 31.2. The van der Waals surface area contributed by atoms with E-state index in [2.05, 4.69) is 0 Å². The third-order valence-electron chi connectivity index (χ3n) is 1.76. The van der Waals surface area contributed by atoms with Crippen molar-refractivity contribution < 1.29 is 19.0 Å². The predicted octanol–water partition coefficient (Wildman–Crippen LogP) is 1.72. The SMILES string of the molecule is CP(=O)(O)Cc1cc(CO)ccc1F. The molecule has 2 N–H and O–H groups in total. The zero-order chi connectivity index (χ0) is 10.8. The van der Waals surface area contributed by atoms with Gasteiger partial charge in [0.15, 0.2) is 0 Å². The lowest BCUT2D eigenvalue weighted by Crippen LogP contribution is -1.94. The van der Waals surface area contributed by atoms with E-state index in [0.717, 1.165) is 0 Å². The van der Waals surface area contributed by atoms with Gasteiger partial charge in [-0.15, -0.1) is 0 Å². The van der Waals surface area contributed by atoms with Crippen LogP contribution in [0.15, 0.2) is 18.2 Å². The summed E-state index contributed by atoms with van der Waals surface area (Å²) in [6.07, 6.45) is -0.202. The fourth-order valence-electron chi connectivity index (χ4n) is 1.16. The Bertz CT molecular complexity index is 372. The molecule has 0 aliphatic carbocycles. The van der Waals surface area contributed by atoms with Gasteiger partial charge in [-0.3, -0.25) is 4.57 Å². The van der Waals surface area contributed by atoms with Crippen LogP contribution in [-0.4, -0.2) is 16.7 Å². The molecule has 5 heteroatoms. The van der Waals surface area contributed by atoms with Gasteiger partial charge in [0, 0.05) is 6.66 Å². The summed E-state index contributed by atoms with van der Waals surface area (Å²) < 4.78 is 24.2. The van der Waals surface area contributed by atoms with Gasteiger partial charge in [-0.2, -0.15) is 0 Å². The summed E-state index contributed by atoms with van der Waals surface area (Å²) in [6.45, 7) is 0.977. The molecule has 0 heterocycles. The van der Waals surface area contributed by atoms with E-state index in [0.29, 0.717) is 5.56 Å². The van der Waals surface area contributed by atoms with Crippen molar-refractivity contribution in [2.24, 2.45) is 0 Å². The minimum atomic E-state index is -3.27. The molecule has 0 aromatic heterocycles. The van der Waals surface area contributed by atoms with Crippen LogP contribution in [0.4, 0.5) is 4.39 Å². The summed E-state index contributed by atoms with van der Waals surface area (Å²) in [4.78, 5) is 9.09. The van der Waals surface area contributed by atoms with Gasteiger partial charge in [-0.1, -0.05) is 12.1 Å². The average Bonchev–Trinajstić information content (AvgIpc) is 2.06. The smallest absolute Gasteiger partial charge is 0.202 e. The average molecular weight is 218 g/mol. The second-order valence-electron chi connectivity index (χ2n) is 3.29. The van der Waals surface area contributed by atoms with Gasteiger partial charge >= 0.3 is 0 Å². The standard InChI is InChI=1S/C9H12FO3P/c1-14(12,13)6-8-4-7(5-11)2-3-9(8)10/h2-4,11H,5-6H2,1H3,(H,12,13). The summed E-state index contributed by atoms with van der Waals surface area (Å²) in [5.41, 5.74) is 0.708. The van der Waals surface area contributed by atoms with E-state index in [4.69, 9.17) is 10.00 Å². The Morgan fingerprint density at radius 1 is 1.50 bits per heavy atom. The molecule has 3 nitrogen and oxygen atoms in total. The van der Waals surface area contributed by atoms with E-state index in [-0.39, 0.29) is 18.3 Å². The van der Waals surface area contributed by atoms with Crippen molar-refractivity contribution in [3.05, 3.63) is 35.1 Å². The van der Waals surface area contributed by atoms with E-state index >= 15 is 0 Å². The molecule has 0 aliphatic rings. The molecular formula is C9H12FO3P. The Morgan fingerprint density at radius 3 is 2.64 bits per heavy atom. The third kappa shape index (κ3) is 3.22. The minimum absolute atomic E-state index is 0.171. The van der Waals surface area contributed by atoms with Crippen molar-refractivity contribution in [2.45, 2.75) is 12.8 Å². The Balaban J connectivity index is 3.01. The normalized spacial score (nSPS) is 15.1. The predicted molar refractivity (Wildman–Crippen MR) is 51.8 cm³/mol. The molecule has 78 valence electrons. The lowest BCUT2D eigenvalue weighted by Gasteiger charge is -2.07. The van der Waals surface area contributed by atoms with Gasteiger partial charge in [0.2, 0.25) is 7.37 Å². The van der Waals surface area contributed by atoms with Crippen LogP contribution in [0.3, 0.4) is 0 Å². The first-order chi connectivity index (χ1) is 6.42. The molecule has 1 aromatic rings. The number of aliphatic hydroxyl groups excluding tert-OH is 1. The van der Waals surface area contributed by atoms with Crippen LogP contribution in [-0.2, 0) is 17.3 Å². The van der Waals surface area contributed by atoms with Crippen LogP contribution < -0.4 is 0 Å². The number of hydrogen-bond donors (Lipinski definition) is 2. The van der Waals surface area contributed by atoms with E-state index in [1.54, 1.807) is 0 Å². The second-order valence-corrected chi connectivity index (χ2v) is 5.71. The topological polar surface area (TPSA) is 57.5 Å². The molecule has 0 spiro atoms. The Kier molecular flexibility index (Phi) is 3.43. The molecule has 14 heavy (non-hydrogen) atoms. The zero-order valence-corrected chi connectivity index (χ0v) is 8.67. The van der Waals surface area contributed by atoms with Crippen molar-refractivity contribution in [3.8, 4) is 0 Å². The molecule has 0 fully saturated rings. The molecule has 1 atom stereocenters. The van der Waals surface area contributed by atoms with Crippen molar-refractivity contribution in [1.82, 2.24) is 0 Å². The van der Waals surface area contributed by atoms with Crippen molar-refractivity contribution in [3.63, 3.8) is 0 Å². The van der Waals surface area contributed by atoms with Crippen LogP contribution in [0.5, 0.6) is 0 Å². The van der Waals surface area contributed by atoms with Crippen molar-refractivity contribution in [1.29, 1.82) is 0 Å².